The van der Waals surface area contributed by atoms with Crippen LogP contribution >= 0.6 is 0 Å². The zero-order valence-corrected chi connectivity index (χ0v) is 38.0. The normalized spacial score (nSPS) is 20.5. The Labute approximate surface area is 364 Å². The molecule has 1 aromatic heterocycles. The number of aliphatic hydroxyl groups is 2. The molecule has 3 aromatic rings. The zero-order chi connectivity index (χ0) is 45.9. The topological polar surface area (TPSA) is 128 Å². The standard InChI is InChI=1S/C50H64F4N4O4/c1-43(2,3)35(29-39(59)45(7,8)47(61)19-23-49(51,52)24-20-47)41-55-30-38(57-41)33-16-13-31(14-17-33)11-12-32-15-18-36-34(27-32)28-37(56-36)40(44(4,5)6)58-42(60)46(9,10)48(62)21-25-50(53,54)26-22-48/h13-18,27,30,35,40,61-62H,19-26,28-29H2,1-10H3,(H,55,57)(H,58,60)/t35-,40-/m1/s1. The molecule has 2 atom stereocenters. The minimum absolute atomic E-state index is 0.0948. The second-order valence-electron chi connectivity index (χ2n) is 21.5. The molecule has 0 unspecified atom stereocenters. The number of amides is 1. The number of fused-ring (bicyclic) bond motifs is 1. The fourth-order valence-electron chi connectivity index (χ4n) is 9.15. The average molecular weight is 861 g/mol. The smallest absolute Gasteiger partial charge is 0.248 e. The Morgan fingerprint density at radius 2 is 1.26 bits per heavy atom. The van der Waals surface area contributed by atoms with Crippen LogP contribution in [-0.4, -0.2) is 66.7 Å². The average Bonchev–Trinajstić information content (AvgIpc) is 3.84. The highest BCUT2D eigenvalue weighted by Gasteiger charge is 2.55. The van der Waals surface area contributed by atoms with Crippen LogP contribution in [0.1, 0.15) is 155 Å². The van der Waals surface area contributed by atoms with E-state index in [0.717, 1.165) is 39.3 Å². The molecule has 1 aliphatic heterocycles. The van der Waals surface area contributed by atoms with Crippen LogP contribution in [0.3, 0.4) is 0 Å². The summed E-state index contributed by atoms with van der Waals surface area (Å²) < 4.78 is 55.9. The van der Waals surface area contributed by atoms with Crippen molar-refractivity contribution in [3.05, 3.63) is 71.2 Å². The summed E-state index contributed by atoms with van der Waals surface area (Å²) in [6.07, 6.45) is -0.0154. The van der Waals surface area contributed by atoms with E-state index in [1.807, 2.05) is 84.0 Å². The maximum Gasteiger partial charge on any atom is 0.248 e. The van der Waals surface area contributed by atoms with Crippen molar-refractivity contribution in [2.75, 3.05) is 0 Å². The summed E-state index contributed by atoms with van der Waals surface area (Å²) in [5.74, 6) is 0.583. The van der Waals surface area contributed by atoms with E-state index >= 15 is 0 Å². The van der Waals surface area contributed by atoms with Gasteiger partial charge in [0, 0.05) is 61.3 Å². The summed E-state index contributed by atoms with van der Waals surface area (Å²) in [6, 6.07) is 13.1. The first kappa shape index (κ1) is 47.1. The first-order chi connectivity index (χ1) is 28.5. The number of carbonyl (C=O) groups is 2. The number of carbonyl (C=O) groups excluding carboxylic acids is 2. The number of aromatic amines is 1. The van der Waals surface area contributed by atoms with Crippen molar-refractivity contribution in [3.63, 3.8) is 0 Å². The van der Waals surface area contributed by atoms with Crippen LogP contribution in [0.4, 0.5) is 23.2 Å². The van der Waals surface area contributed by atoms with Crippen molar-refractivity contribution in [1.29, 1.82) is 0 Å². The minimum Gasteiger partial charge on any atom is -0.389 e. The third-order valence-electron chi connectivity index (χ3n) is 14.3. The fourth-order valence-corrected chi connectivity index (χ4v) is 9.15. The summed E-state index contributed by atoms with van der Waals surface area (Å²) in [4.78, 5) is 40.7. The molecule has 2 heterocycles. The lowest BCUT2D eigenvalue weighted by atomic mass is 9.62. The molecule has 336 valence electrons. The van der Waals surface area contributed by atoms with Crippen LogP contribution in [0, 0.1) is 33.5 Å². The van der Waals surface area contributed by atoms with Gasteiger partial charge in [0.05, 0.1) is 45.7 Å². The second kappa shape index (κ2) is 16.3. The van der Waals surface area contributed by atoms with Gasteiger partial charge in [-0.3, -0.25) is 14.6 Å². The highest BCUT2D eigenvalue weighted by molar-refractivity contribution is 6.01. The van der Waals surface area contributed by atoms with E-state index in [2.05, 4.69) is 22.1 Å². The summed E-state index contributed by atoms with van der Waals surface area (Å²) >= 11 is 0. The predicted octanol–water partition coefficient (Wildman–Crippen LogP) is 10.7. The Morgan fingerprint density at radius 1 is 0.742 bits per heavy atom. The SMILES string of the molecule is CC(C)(C)[C@H](NC(=O)C(C)(C)C1(O)CCC(F)(F)CC1)C1=Nc2ccc(C#Cc3ccc(-c4cnc([C@@H](CC(=O)C(C)(C)C5(O)CCC(F)(F)CC5)C(C)(C)C)[nH]4)cc3)cc2C1. The van der Waals surface area contributed by atoms with Gasteiger partial charge in [0.15, 0.2) is 0 Å². The Kier molecular flexibility index (Phi) is 12.4. The van der Waals surface area contributed by atoms with Crippen molar-refractivity contribution in [2.24, 2.45) is 26.7 Å². The Morgan fingerprint density at radius 3 is 1.79 bits per heavy atom. The number of ketones is 1. The minimum atomic E-state index is -2.84. The number of Topliss-reactive ketones (excluding diaryl/α,β-unsaturated/α-hetero) is 1. The number of hydrogen-bond acceptors (Lipinski definition) is 6. The van der Waals surface area contributed by atoms with Crippen LogP contribution in [0.15, 0.2) is 53.7 Å². The highest BCUT2D eigenvalue weighted by Crippen LogP contribution is 2.50. The Bertz CT molecular complexity index is 2250. The number of aromatic nitrogens is 2. The molecule has 4 N–H and O–H groups in total. The molecule has 0 saturated heterocycles. The molecule has 62 heavy (non-hydrogen) atoms. The third kappa shape index (κ3) is 9.74. The monoisotopic (exact) mass is 860 g/mol. The lowest BCUT2D eigenvalue weighted by molar-refractivity contribution is -0.169. The summed E-state index contributed by atoms with van der Waals surface area (Å²) in [6.45, 7) is 18.7. The lowest BCUT2D eigenvalue weighted by Crippen LogP contribution is -2.60. The number of aliphatic imine (C=N–C) groups is 1. The first-order valence-electron chi connectivity index (χ1n) is 21.9. The van der Waals surface area contributed by atoms with Gasteiger partial charge in [-0.15, -0.1) is 0 Å². The molecule has 2 saturated carbocycles. The van der Waals surface area contributed by atoms with Gasteiger partial charge in [0.1, 0.15) is 11.6 Å². The van der Waals surface area contributed by atoms with Gasteiger partial charge < -0.3 is 20.5 Å². The predicted molar refractivity (Wildman–Crippen MR) is 235 cm³/mol. The number of nitrogens with one attached hydrogen (secondary N) is 2. The number of rotatable bonds is 10. The van der Waals surface area contributed by atoms with Crippen molar-refractivity contribution in [3.8, 4) is 23.1 Å². The molecular formula is C50H64F4N4O4. The molecule has 8 nitrogen and oxygen atoms in total. The number of benzene rings is 2. The van der Waals surface area contributed by atoms with Crippen LogP contribution in [-0.2, 0) is 16.0 Å². The number of hydrogen-bond donors (Lipinski definition) is 4. The number of H-pyrrole nitrogens is 1. The quantitative estimate of drug-likeness (QED) is 0.119. The molecule has 0 radical (unpaired) electrons. The number of halogens is 4. The molecule has 12 heteroatoms. The summed E-state index contributed by atoms with van der Waals surface area (Å²) in [5.41, 5.74) is -0.583. The molecule has 2 aromatic carbocycles. The number of imidazole rings is 1. The van der Waals surface area contributed by atoms with Crippen molar-refractivity contribution in [2.45, 2.75) is 168 Å². The molecule has 3 aliphatic rings. The van der Waals surface area contributed by atoms with E-state index in [9.17, 15) is 37.4 Å². The van der Waals surface area contributed by atoms with Gasteiger partial charge in [-0.05, 0) is 91.8 Å². The molecular weight excluding hydrogens is 797 g/mol. The van der Waals surface area contributed by atoms with Crippen molar-refractivity contribution >= 4 is 23.1 Å². The number of nitrogens with zero attached hydrogens (tertiary/aromatic N) is 2. The van der Waals surface area contributed by atoms with E-state index in [0.29, 0.717) is 12.2 Å². The van der Waals surface area contributed by atoms with E-state index in [1.165, 1.54) is 0 Å². The highest BCUT2D eigenvalue weighted by atomic mass is 19.3. The van der Waals surface area contributed by atoms with Crippen LogP contribution in [0.2, 0.25) is 0 Å². The molecule has 6 rings (SSSR count). The van der Waals surface area contributed by atoms with Gasteiger partial charge in [0.2, 0.25) is 17.8 Å². The molecule has 0 bridgehead atoms. The molecule has 0 spiro atoms. The van der Waals surface area contributed by atoms with Crippen molar-refractivity contribution in [1.82, 2.24) is 15.3 Å². The summed E-state index contributed by atoms with van der Waals surface area (Å²) in [5, 5.41) is 26.0. The maximum atomic E-state index is 14.0. The van der Waals surface area contributed by atoms with E-state index in [4.69, 9.17) is 9.98 Å². The zero-order valence-electron chi connectivity index (χ0n) is 38.0. The maximum absolute atomic E-state index is 14.0. The molecule has 2 fully saturated rings. The largest absolute Gasteiger partial charge is 0.389 e. The fraction of sp³-hybridized carbons (Fsp3) is 0.600. The van der Waals surface area contributed by atoms with Gasteiger partial charge in [-0.1, -0.05) is 79.4 Å². The lowest BCUT2D eigenvalue weighted by Gasteiger charge is -2.46. The van der Waals surface area contributed by atoms with Crippen molar-refractivity contribution < 1.29 is 37.4 Å². The number of alkyl halides is 4. The Hall–Kier alpha value is -4.34. The van der Waals surface area contributed by atoms with Crippen LogP contribution in [0.5, 0.6) is 0 Å². The second-order valence-corrected chi connectivity index (χ2v) is 21.5. The molecule has 2 aliphatic carbocycles. The van der Waals surface area contributed by atoms with Crippen LogP contribution in [0.25, 0.3) is 11.3 Å². The molecule has 1 amide bonds. The van der Waals surface area contributed by atoms with E-state index < -0.39 is 76.9 Å². The van der Waals surface area contributed by atoms with Gasteiger partial charge >= 0.3 is 0 Å². The third-order valence-corrected chi connectivity index (χ3v) is 14.3. The first-order valence-corrected chi connectivity index (χ1v) is 21.9. The van der Waals surface area contributed by atoms with Gasteiger partial charge in [0.25, 0.3) is 0 Å². The van der Waals surface area contributed by atoms with E-state index in [1.54, 1.807) is 33.9 Å². The van der Waals surface area contributed by atoms with E-state index in [-0.39, 0.29) is 49.2 Å². The van der Waals surface area contributed by atoms with Crippen LogP contribution < -0.4 is 5.32 Å². The van der Waals surface area contributed by atoms with Gasteiger partial charge in [-0.25, -0.2) is 22.5 Å². The van der Waals surface area contributed by atoms with Gasteiger partial charge in [-0.2, -0.15) is 0 Å². The summed E-state index contributed by atoms with van der Waals surface area (Å²) in [7, 11) is 0. The Balaban J connectivity index is 1.11.